The summed E-state index contributed by atoms with van der Waals surface area (Å²) in [4.78, 5) is 24.3. The largest absolute Gasteiger partial charge is 0.449 e. The van der Waals surface area contributed by atoms with Crippen molar-refractivity contribution in [1.82, 2.24) is 5.32 Å². The molecule has 0 unspecified atom stereocenters. The van der Waals surface area contributed by atoms with Crippen molar-refractivity contribution in [2.45, 2.75) is 12.5 Å². The fourth-order valence-electron chi connectivity index (χ4n) is 2.08. The topological polar surface area (TPSA) is 79.2 Å². The first kappa shape index (κ1) is 16.2. The van der Waals surface area contributed by atoms with Crippen LogP contribution >= 0.6 is 0 Å². The standard InChI is InChI=1S/C18H16N2O3/c19-11-12-23-18(22)16(13-14-7-3-1-4-8-14)20-17(21)15-9-5-2-6-10-15/h1-10,16H,12-13H2,(H,20,21)/t16-/m1/s1. The molecule has 0 saturated heterocycles. The van der Waals surface area contributed by atoms with Gasteiger partial charge in [0.1, 0.15) is 12.1 Å². The van der Waals surface area contributed by atoms with Gasteiger partial charge in [0, 0.05) is 12.0 Å². The summed E-state index contributed by atoms with van der Waals surface area (Å²) in [5.74, 6) is -0.986. The Bertz CT molecular complexity index is 693. The van der Waals surface area contributed by atoms with E-state index >= 15 is 0 Å². The molecule has 0 fully saturated rings. The number of benzene rings is 2. The number of carbonyl (C=O) groups excluding carboxylic acids is 2. The number of esters is 1. The number of rotatable bonds is 6. The zero-order valence-corrected chi connectivity index (χ0v) is 12.4. The molecular formula is C18H16N2O3. The lowest BCUT2D eigenvalue weighted by Crippen LogP contribution is -2.43. The Morgan fingerprint density at radius 2 is 1.65 bits per heavy atom. The van der Waals surface area contributed by atoms with Crippen molar-refractivity contribution in [2.24, 2.45) is 0 Å². The number of carbonyl (C=O) groups is 2. The molecule has 2 aromatic rings. The van der Waals surface area contributed by atoms with Gasteiger partial charge in [0.25, 0.3) is 5.91 Å². The maximum atomic E-state index is 12.2. The molecule has 0 aliphatic heterocycles. The summed E-state index contributed by atoms with van der Waals surface area (Å²) in [6.07, 6.45) is 0.295. The maximum Gasteiger partial charge on any atom is 0.330 e. The van der Waals surface area contributed by atoms with E-state index in [-0.39, 0.29) is 12.5 Å². The molecule has 1 atom stereocenters. The molecule has 2 rings (SSSR count). The minimum Gasteiger partial charge on any atom is -0.449 e. The summed E-state index contributed by atoms with van der Waals surface area (Å²) in [6, 6.07) is 18.8. The molecule has 5 heteroatoms. The van der Waals surface area contributed by atoms with Crippen LogP contribution in [0, 0.1) is 11.3 Å². The fourth-order valence-corrected chi connectivity index (χ4v) is 2.08. The van der Waals surface area contributed by atoms with Gasteiger partial charge in [0.15, 0.2) is 6.61 Å². The molecule has 0 aromatic heterocycles. The minimum absolute atomic E-state index is 0.295. The molecule has 2 aromatic carbocycles. The first-order valence-corrected chi connectivity index (χ1v) is 7.14. The highest BCUT2D eigenvalue weighted by molar-refractivity contribution is 5.96. The summed E-state index contributed by atoms with van der Waals surface area (Å²) in [6.45, 7) is -0.342. The molecule has 1 N–H and O–H groups in total. The molecule has 5 nitrogen and oxygen atoms in total. The number of hydrogen-bond acceptors (Lipinski definition) is 4. The average molecular weight is 308 g/mol. The van der Waals surface area contributed by atoms with Gasteiger partial charge < -0.3 is 10.1 Å². The summed E-state index contributed by atoms with van der Waals surface area (Å²) in [5, 5.41) is 11.2. The summed E-state index contributed by atoms with van der Waals surface area (Å²) in [7, 11) is 0. The van der Waals surface area contributed by atoms with Crippen LogP contribution in [0.3, 0.4) is 0 Å². The predicted molar refractivity (Wildman–Crippen MR) is 84.4 cm³/mol. The van der Waals surface area contributed by atoms with E-state index in [1.807, 2.05) is 30.3 Å². The van der Waals surface area contributed by atoms with E-state index in [4.69, 9.17) is 10.00 Å². The van der Waals surface area contributed by atoms with Gasteiger partial charge in [-0.05, 0) is 17.7 Å². The van der Waals surface area contributed by atoms with Crippen LogP contribution in [0.5, 0.6) is 0 Å². The van der Waals surface area contributed by atoms with Crippen molar-refractivity contribution < 1.29 is 14.3 Å². The van der Waals surface area contributed by atoms with Gasteiger partial charge in [-0.1, -0.05) is 48.5 Å². The Kier molecular flexibility index (Phi) is 5.89. The first-order chi connectivity index (χ1) is 11.2. The molecule has 116 valence electrons. The quantitative estimate of drug-likeness (QED) is 0.829. The molecule has 0 heterocycles. The van der Waals surface area contributed by atoms with E-state index < -0.39 is 12.0 Å². The highest BCUT2D eigenvalue weighted by Crippen LogP contribution is 2.07. The van der Waals surface area contributed by atoms with Crippen LogP contribution in [-0.4, -0.2) is 24.5 Å². The van der Waals surface area contributed by atoms with E-state index in [2.05, 4.69) is 5.32 Å². The smallest absolute Gasteiger partial charge is 0.330 e. The first-order valence-electron chi connectivity index (χ1n) is 7.14. The Morgan fingerprint density at radius 3 is 2.26 bits per heavy atom. The lowest BCUT2D eigenvalue weighted by atomic mass is 10.1. The number of nitrogens with one attached hydrogen (secondary N) is 1. The van der Waals surface area contributed by atoms with Gasteiger partial charge in [-0.2, -0.15) is 5.26 Å². The molecule has 0 bridgehead atoms. The number of amides is 1. The zero-order chi connectivity index (χ0) is 16.5. The van der Waals surface area contributed by atoms with Gasteiger partial charge in [0.2, 0.25) is 0 Å². The van der Waals surface area contributed by atoms with Crippen LogP contribution in [0.15, 0.2) is 60.7 Å². The Balaban J connectivity index is 2.11. The monoisotopic (exact) mass is 308 g/mol. The van der Waals surface area contributed by atoms with E-state index in [1.165, 1.54) is 0 Å². The second-order valence-corrected chi connectivity index (χ2v) is 4.85. The highest BCUT2D eigenvalue weighted by Gasteiger charge is 2.23. The van der Waals surface area contributed by atoms with Crippen LogP contribution in [0.25, 0.3) is 0 Å². The molecule has 1 amide bonds. The fraction of sp³-hybridized carbons (Fsp3) is 0.167. The van der Waals surface area contributed by atoms with E-state index in [9.17, 15) is 9.59 Å². The number of nitrogens with zero attached hydrogens (tertiary/aromatic N) is 1. The molecule has 23 heavy (non-hydrogen) atoms. The molecule has 0 aliphatic rings. The normalized spacial score (nSPS) is 11.1. The van der Waals surface area contributed by atoms with Crippen molar-refractivity contribution in [3.05, 3.63) is 71.8 Å². The van der Waals surface area contributed by atoms with Crippen LogP contribution in [-0.2, 0) is 16.0 Å². The third-order valence-corrected chi connectivity index (χ3v) is 3.19. The molecule has 0 saturated carbocycles. The van der Waals surface area contributed by atoms with Crippen molar-refractivity contribution in [3.8, 4) is 6.07 Å². The van der Waals surface area contributed by atoms with Gasteiger partial charge >= 0.3 is 5.97 Å². The van der Waals surface area contributed by atoms with E-state index in [0.717, 1.165) is 5.56 Å². The second-order valence-electron chi connectivity index (χ2n) is 4.85. The third-order valence-electron chi connectivity index (χ3n) is 3.19. The average Bonchev–Trinajstić information content (AvgIpc) is 2.60. The van der Waals surface area contributed by atoms with Gasteiger partial charge in [0.05, 0.1) is 0 Å². The second kappa shape index (κ2) is 8.35. The van der Waals surface area contributed by atoms with Crippen molar-refractivity contribution in [2.75, 3.05) is 6.61 Å². The van der Waals surface area contributed by atoms with Crippen LogP contribution < -0.4 is 5.32 Å². The van der Waals surface area contributed by atoms with Crippen molar-refractivity contribution in [3.63, 3.8) is 0 Å². The molecule has 0 spiro atoms. The van der Waals surface area contributed by atoms with Gasteiger partial charge in [-0.3, -0.25) is 4.79 Å². The molecule has 0 aliphatic carbocycles. The summed E-state index contributed by atoms with van der Waals surface area (Å²) in [5.41, 5.74) is 1.35. The summed E-state index contributed by atoms with van der Waals surface area (Å²) >= 11 is 0. The number of nitriles is 1. The predicted octanol–water partition coefficient (Wildman–Crippen LogP) is 2.09. The lowest BCUT2D eigenvalue weighted by Gasteiger charge is -2.17. The van der Waals surface area contributed by atoms with Crippen LogP contribution in [0.1, 0.15) is 15.9 Å². The highest BCUT2D eigenvalue weighted by atomic mass is 16.5. The lowest BCUT2D eigenvalue weighted by molar-refractivity contribution is -0.144. The Hall–Kier alpha value is -3.13. The van der Waals surface area contributed by atoms with Gasteiger partial charge in [-0.15, -0.1) is 0 Å². The number of hydrogen-bond donors (Lipinski definition) is 1. The van der Waals surface area contributed by atoms with Crippen LogP contribution in [0.4, 0.5) is 0 Å². The van der Waals surface area contributed by atoms with E-state index in [0.29, 0.717) is 12.0 Å². The number of ether oxygens (including phenoxy) is 1. The Morgan fingerprint density at radius 1 is 1.04 bits per heavy atom. The van der Waals surface area contributed by atoms with Crippen molar-refractivity contribution in [1.29, 1.82) is 5.26 Å². The van der Waals surface area contributed by atoms with Crippen molar-refractivity contribution >= 4 is 11.9 Å². The maximum absolute atomic E-state index is 12.2. The van der Waals surface area contributed by atoms with Crippen LogP contribution in [0.2, 0.25) is 0 Å². The summed E-state index contributed by atoms with van der Waals surface area (Å²) < 4.78 is 4.85. The third kappa shape index (κ3) is 4.97. The Labute approximate surface area is 134 Å². The van der Waals surface area contributed by atoms with Gasteiger partial charge in [-0.25, -0.2) is 4.79 Å². The zero-order valence-electron chi connectivity index (χ0n) is 12.4. The molecular weight excluding hydrogens is 292 g/mol. The SMILES string of the molecule is N#CCOC(=O)[C@@H](Cc1ccccc1)NC(=O)c1ccccc1. The molecule has 0 radical (unpaired) electrons. The van der Waals surface area contributed by atoms with E-state index in [1.54, 1.807) is 36.4 Å². The minimum atomic E-state index is -0.849.